The van der Waals surface area contributed by atoms with Crippen molar-refractivity contribution in [2.75, 3.05) is 37.7 Å². The summed E-state index contributed by atoms with van der Waals surface area (Å²) in [4.78, 5) is 26.5. The Labute approximate surface area is 194 Å². The van der Waals surface area contributed by atoms with Gasteiger partial charge in [0.1, 0.15) is 25.1 Å². The van der Waals surface area contributed by atoms with Crippen LogP contribution in [-0.2, 0) is 17.7 Å². The molecule has 176 valence electrons. The molecule has 0 bridgehead atoms. The SMILES string of the molecule is O=C1O[C@H](CNC[C@@H]2Cc3c(F)ccc4ccc(=O)n(c34)C2)CN1c1ccc2c(c1)OCCO2. The second-order valence-electron chi connectivity index (χ2n) is 8.92. The third-order valence-corrected chi connectivity index (χ3v) is 6.65. The van der Waals surface area contributed by atoms with Crippen molar-refractivity contribution in [2.45, 2.75) is 19.1 Å². The van der Waals surface area contributed by atoms with E-state index in [4.69, 9.17) is 14.2 Å². The van der Waals surface area contributed by atoms with E-state index in [0.717, 1.165) is 5.39 Å². The van der Waals surface area contributed by atoms with Crippen LogP contribution in [0.2, 0.25) is 0 Å². The zero-order valence-corrected chi connectivity index (χ0v) is 18.5. The number of pyridine rings is 1. The minimum Gasteiger partial charge on any atom is -0.486 e. The number of rotatable bonds is 5. The lowest BCUT2D eigenvalue weighted by Gasteiger charge is -2.27. The van der Waals surface area contributed by atoms with Crippen molar-refractivity contribution < 1.29 is 23.4 Å². The van der Waals surface area contributed by atoms with Crippen molar-refractivity contribution in [1.29, 1.82) is 0 Å². The Kier molecular flexibility index (Phi) is 5.13. The minimum atomic E-state index is -0.407. The van der Waals surface area contributed by atoms with Gasteiger partial charge < -0.3 is 24.1 Å². The predicted molar refractivity (Wildman–Crippen MR) is 123 cm³/mol. The number of carbonyl (C=O) groups excluding carboxylic acids is 1. The van der Waals surface area contributed by atoms with E-state index in [1.165, 1.54) is 12.1 Å². The second-order valence-corrected chi connectivity index (χ2v) is 8.92. The molecule has 4 heterocycles. The van der Waals surface area contributed by atoms with Crippen LogP contribution in [0.15, 0.2) is 47.3 Å². The summed E-state index contributed by atoms with van der Waals surface area (Å²) in [7, 11) is 0. The molecule has 1 saturated heterocycles. The summed E-state index contributed by atoms with van der Waals surface area (Å²) < 4.78 is 32.9. The van der Waals surface area contributed by atoms with E-state index < -0.39 is 6.09 Å². The third kappa shape index (κ3) is 3.66. The topological polar surface area (TPSA) is 82.0 Å². The quantitative estimate of drug-likeness (QED) is 0.624. The lowest BCUT2D eigenvalue weighted by Crippen LogP contribution is -2.38. The molecule has 1 amide bonds. The Balaban J connectivity index is 1.09. The number of amides is 1. The standard InChI is InChI=1S/C25H24FN3O5/c26-20-4-1-16-2-6-23(30)29-13-15(9-19(20)24(16)29)11-27-12-18-14-28(25(31)34-18)17-3-5-21-22(10-17)33-8-7-32-21/h1-6,10,15,18,27H,7-9,11-14H2/t15-,18+/m0/s1. The van der Waals surface area contributed by atoms with E-state index in [2.05, 4.69) is 5.32 Å². The molecule has 1 fully saturated rings. The molecule has 9 heteroatoms. The molecular weight excluding hydrogens is 441 g/mol. The minimum absolute atomic E-state index is 0.0544. The Morgan fingerprint density at radius 3 is 2.68 bits per heavy atom. The molecule has 1 aromatic heterocycles. The van der Waals surface area contributed by atoms with Crippen molar-refractivity contribution in [3.63, 3.8) is 0 Å². The van der Waals surface area contributed by atoms with Gasteiger partial charge in [-0.2, -0.15) is 0 Å². The van der Waals surface area contributed by atoms with Crippen molar-refractivity contribution >= 4 is 22.7 Å². The number of cyclic esters (lactones) is 1. The van der Waals surface area contributed by atoms with Crippen LogP contribution in [-0.4, -0.2) is 49.6 Å². The Morgan fingerprint density at radius 1 is 0.971 bits per heavy atom. The zero-order chi connectivity index (χ0) is 23.2. The molecule has 0 unspecified atom stereocenters. The maximum Gasteiger partial charge on any atom is 0.414 e. The van der Waals surface area contributed by atoms with Crippen molar-refractivity contribution in [2.24, 2.45) is 5.92 Å². The number of carbonyl (C=O) groups is 1. The Hall–Kier alpha value is -3.59. The Bertz CT molecular complexity index is 1340. The van der Waals surface area contributed by atoms with Gasteiger partial charge >= 0.3 is 6.09 Å². The van der Waals surface area contributed by atoms with Crippen LogP contribution in [0, 0.1) is 11.7 Å². The first-order chi connectivity index (χ1) is 16.6. The number of halogens is 1. The lowest BCUT2D eigenvalue weighted by atomic mass is 9.92. The molecule has 34 heavy (non-hydrogen) atoms. The number of nitrogens with zero attached hydrogens (tertiary/aromatic N) is 2. The van der Waals surface area contributed by atoms with E-state index in [0.29, 0.717) is 74.1 Å². The first kappa shape index (κ1) is 21.0. The molecule has 0 saturated carbocycles. The van der Waals surface area contributed by atoms with Crippen LogP contribution in [0.3, 0.4) is 0 Å². The number of benzene rings is 2. The van der Waals surface area contributed by atoms with Crippen LogP contribution < -0.4 is 25.2 Å². The molecule has 0 aliphatic carbocycles. The van der Waals surface area contributed by atoms with E-state index >= 15 is 0 Å². The number of fused-ring (bicyclic) bond motifs is 1. The number of anilines is 1. The van der Waals surface area contributed by atoms with Gasteiger partial charge in [-0.15, -0.1) is 0 Å². The molecule has 2 atom stereocenters. The van der Waals surface area contributed by atoms with Gasteiger partial charge in [0, 0.05) is 37.3 Å². The fourth-order valence-corrected chi connectivity index (χ4v) is 5.05. The molecule has 6 rings (SSSR count). The molecule has 3 aromatic rings. The van der Waals surface area contributed by atoms with Gasteiger partial charge in [0.2, 0.25) is 0 Å². The maximum absolute atomic E-state index is 14.5. The first-order valence-electron chi connectivity index (χ1n) is 11.5. The van der Waals surface area contributed by atoms with Gasteiger partial charge in [0.05, 0.1) is 17.7 Å². The highest BCUT2D eigenvalue weighted by molar-refractivity contribution is 5.90. The normalized spacial score (nSPS) is 21.1. The molecule has 1 N–H and O–H groups in total. The molecule has 3 aliphatic heterocycles. The summed E-state index contributed by atoms with van der Waals surface area (Å²) in [5.41, 5.74) is 1.86. The van der Waals surface area contributed by atoms with Gasteiger partial charge in [-0.1, -0.05) is 0 Å². The number of nitrogens with one attached hydrogen (secondary N) is 1. The highest BCUT2D eigenvalue weighted by Crippen LogP contribution is 2.35. The van der Waals surface area contributed by atoms with Crippen LogP contribution in [0.1, 0.15) is 5.56 Å². The lowest BCUT2D eigenvalue weighted by molar-refractivity contribution is 0.139. The van der Waals surface area contributed by atoms with Crippen LogP contribution in [0.25, 0.3) is 10.9 Å². The molecular formula is C25H24FN3O5. The summed E-state index contributed by atoms with van der Waals surface area (Å²) in [6, 6.07) is 11.9. The maximum atomic E-state index is 14.5. The summed E-state index contributed by atoms with van der Waals surface area (Å²) in [6.07, 6.45) is -0.178. The monoisotopic (exact) mass is 465 g/mol. The molecule has 2 aromatic carbocycles. The van der Waals surface area contributed by atoms with Gasteiger partial charge in [-0.05, 0) is 48.1 Å². The van der Waals surface area contributed by atoms with E-state index in [-0.39, 0.29) is 23.4 Å². The Morgan fingerprint density at radius 2 is 1.79 bits per heavy atom. The third-order valence-electron chi connectivity index (χ3n) is 6.65. The number of ether oxygens (including phenoxy) is 3. The fraction of sp³-hybridized carbons (Fsp3) is 0.360. The van der Waals surface area contributed by atoms with Crippen LogP contribution >= 0.6 is 0 Å². The summed E-state index contributed by atoms with van der Waals surface area (Å²) in [6.45, 7) is 2.96. The smallest absolute Gasteiger partial charge is 0.414 e. The summed E-state index contributed by atoms with van der Waals surface area (Å²) in [5.74, 6) is 1.06. The average molecular weight is 465 g/mol. The number of aromatic nitrogens is 1. The zero-order valence-electron chi connectivity index (χ0n) is 18.5. The molecule has 0 radical (unpaired) electrons. The van der Waals surface area contributed by atoms with Gasteiger partial charge in [0.15, 0.2) is 11.5 Å². The number of hydrogen-bond acceptors (Lipinski definition) is 6. The van der Waals surface area contributed by atoms with Gasteiger partial charge in [-0.3, -0.25) is 9.69 Å². The van der Waals surface area contributed by atoms with Crippen molar-refractivity contribution in [3.05, 3.63) is 64.2 Å². The van der Waals surface area contributed by atoms with Crippen molar-refractivity contribution in [1.82, 2.24) is 9.88 Å². The number of hydrogen-bond donors (Lipinski definition) is 1. The predicted octanol–water partition coefficient (Wildman–Crippen LogP) is 2.70. The molecule has 3 aliphatic rings. The summed E-state index contributed by atoms with van der Waals surface area (Å²) >= 11 is 0. The highest BCUT2D eigenvalue weighted by Gasteiger charge is 2.33. The fourth-order valence-electron chi connectivity index (χ4n) is 5.05. The van der Waals surface area contributed by atoms with Crippen molar-refractivity contribution in [3.8, 4) is 11.5 Å². The summed E-state index contributed by atoms with van der Waals surface area (Å²) in [5, 5.41) is 4.23. The van der Waals surface area contributed by atoms with E-state index in [1.54, 1.807) is 33.7 Å². The molecule has 8 nitrogen and oxygen atoms in total. The van der Waals surface area contributed by atoms with Crippen LogP contribution in [0.5, 0.6) is 11.5 Å². The van der Waals surface area contributed by atoms with Gasteiger partial charge in [0.25, 0.3) is 5.56 Å². The second kappa shape index (κ2) is 8.32. The van der Waals surface area contributed by atoms with E-state index in [9.17, 15) is 14.0 Å². The largest absolute Gasteiger partial charge is 0.486 e. The van der Waals surface area contributed by atoms with Gasteiger partial charge in [-0.25, -0.2) is 9.18 Å². The highest BCUT2D eigenvalue weighted by atomic mass is 19.1. The average Bonchev–Trinajstić information content (AvgIpc) is 3.23. The first-order valence-corrected chi connectivity index (χ1v) is 11.5. The van der Waals surface area contributed by atoms with Crippen LogP contribution in [0.4, 0.5) is 14.9 Å². The van der Waals surface area contributed by atoms with E-state index in [1.807, 2.05) is 6.07 Å². The molecule has 0 spiro atoms.